The van der Waals surface area contributed by atoms with Gasteiger partial charge >= 0.3 is 5.97 Å². The van der Waals surface area contributed by atoms with Crippen LogP contribution in [-0.4, -0.2) is 65.4 Å². The van der Waals surface area contributed by atoms with Gasteiger partial charge in [-0.3, -0.25) is 19.2 Å². The normalized spacial score (nSPS) is 42.2. The SMILES string of the molecule is CCOC(=O)CNC(=O)CN(C(=O)[C@@]1(C)CC[C@]2(C)CC[C@]3(C)C(=CC(=O)[C@@H]4[C@@]5(C)CC[C@H](O)C(C)(C)[C@@H]5CC[C@]43C)[C@@H]2C1)C(C)C. The van der Waals surface area contributed by atoms with Gasteiger partial charge in [0.2, 0.25) is 11.8 Å². The molecule has 0 bridgehead atoms. The van der Waals surface area contributed by atoms with Crippen molar-refractivity contribution in [3.05, 3.63) is 11.6 Å². The zero-order valence-electron chi connectivity index (χ0n) is 30.9. The molecule has 5 rings (SSSR count). The third kappa shape index (κ3) is 5.51. The van der Waals surface area contributed by atoms with Gasteiger partial charge in [-0.15, -0.1) is 0 Å². The zero-order chi connectivity index (χ0) is 35.0. The Bertz CT molecular complexity index is 1340. The molecule has 8 nitrogen and oxygen atoms in total. The molecular formula is C39H62N2O6. The Morgan fingerprint density at radius 1 is 0.979 bits per heavy atom. The molecule has 5 aliphatic rings. The second-order valence-corrected chi connectivity index (χ2v) is 18.2. The second-order valence-electron chi connectivity index (χ2n) is 18.2. The van der Waals surface area contributed by atoms with E-state index in [1.807, 2.05) is 19.9 Å². The quantitative estimate of drug-likeness (QED) is 0.314. The molecule has 0 saturated heterocycles. The van der Waals surface area contributed by atoms with Crippen LogP contribution in [0.15, 0.2) is 11.6 Å². The fourth-order valence-electron chi connectivity index (χ4n) is 11.8. The Balaban J connectivity index is 1.45. The van der Waals surface area contributed by atoms with Gasteiger partial charge in [-0.1, -0.05) is 54.0 Å². The van der Waals surface area contributed by atoms with Crippen LogP contribution in [0.3, 0.4) is 0 Å². The van der Waals surface area contributed by atoms with Crippen molar-refractivity contribution in [1.82, 2.24) is 10.2 Å². The minimum atomic E-state index is -0.678. The van der Waals surface area contributed by atoms with Crippen LogP contribution < -0.4 is 5.32 Å². The maximum Gasteiger partial charge on any atom is 0.325 e. The molecule has 0 radical (unpaired) electrons. The smallest absolute Gasteiger partial charge is 0.325 e. The molecule has 264 valence electrons. The average molecular weight is 655 g/mol. The third-order valence-corrected chi connectivity index (χ3v) is 15.0. The molecule has 9 atom stereocenters. The van der Waals surface area contributed by atoms with Crippen LogP contribution in [0, 0.1) is 50.2 Å². The van der Waals surface area contributed by atoms with Gasteiger partial charge < -0.3 is 20.1 Å². The van der Waals surface area contributed by atoms with Gasteiger partial charge in [-0.25, -0.2) is 0 Å². The van der Waals surface area contributed by atoms with Crippen molar-refractivity contribution in [1.29, 1.82) is 0 Å². The highest BCUT2D eigenvalue weighted by molar-refractivity contribution is 5.96. The minimum absolute atomic E-state index is 0.00628. The van der Waals surface area contributed by atoms with Crippen LogP contribution >= 0.6 is 0 Å². The van der Waals surface area contributed by atoms with Gasteiger partial charge in [0.1, 0.15) is 6.54 Å². The highest BCUT2D eigenvalue weighted by Gasteiger charge is 2.70. The van der Waals surface area contributed by atoms with E-state index in [0.717, 1.165) is 51.4 Å². The lowest BCUT2D eigenvalue weighted by atomic mass is 9.33. The molecule has 0 spiro atoms. The third-order valence-electron chi connectivity index (χ3n) is 15.0. The molecule has 4 saturated carbocycles. The van der Waals surface area contributed by atoms with E-state index in [4.69, 9.17) is 4.74 Å². The second kappa shape index (κ2) is 12.0. The molecule has 0 heterocycles. The van der Waals surface area contributed by atoms with Crippen LogP contribution in [0.2, 0.25) is 0 Å². The van der Waals surface area contributed by atoms with Crippen molar-refractivity contribution in [3.8, 4) is 0 Å². The van der Waals surface area contributed by atoms with Gasteiger partial charge in [0, 0.05) is 17.4 Å². The Hall–Kier alpha value is -2.22. The number of nitrogens with zero attached hydrogens (tertiary/aromatic N) is 1. The average Bonchev–Trinajstić information content (AvgIpc) is 2.98. The summed E-state index contributed by atoms with van der Waals surface area (Å²) < 4.78 is 4.93. The first-order valence-corrected chi connectivity index (χ1v) is 18.4. The Morgan fingerprint density at radius 2 is 1.64 bits per heavy atom. The molecule has 0 aromatic rings. The summed E-state index contributed by atoms with van der Waals surface area (Å²) in [5.74, 6) is -0.342. The lowest BCUT2D eigenvalue weighted by Crippen LogP contribution is -2.66. The Morgan fingerprint density at radius 3 is 2.28 bits per heavy atom. The first-order valence-electron chi connectivity index (χ1n) is 18.4. The number of amides is 2. The maximum atomic E-state index is 14.6. The van der Waals surface area contributed by atoms with Crippen molar-refractivity contribution in [2.75, 3.05) is 19.7 Å². The monoisotopic (exact) mass is 654 g/mol. The highest BCUT2D eigenvalue weighted by atomic mass is 16.5. The molecular weight excluding hydrogens is 592 g/mol. The van der Waals surface area contributed by atoms with Crippen molar-refractivity contribution < 1.29 is 29.0 Å². The molecule has 2 N–H and O–H groups in total. The number of hydrogen-bond acceptors (Lipinski definition) is 6. The summed E-state index contributed by atoms with van der Waals surface area (Å²) in [4.78, 5) is 55.4. The molecule has 0 aromatic heterocycles. The Labute approximate surface area is 283 Å². The maximum absolute atomic E-state index is 14.6. The lowest BCUT2D eigenvalue weighted by molar-refractivity contribution is -0.202. The number of ketones is 1. The first kappa shape index (κ1) is 36.1. The predicted octanol–water partition coefficient (Wildman–Crippen LogP) is 6.24. The number of ether oxygens (including phenoxy) is 1. The summed E-state index contributed by atoms with van der Waals surface area (Å²) in [6, 6.07) is -0.193. The number of esters is 1. The summed E-state index contributed by atoms with van der Waals surface area (Å²) in [6.07, 6.45) is 9.70. The molecule has 5 aliphatic carbocycles. The summed E-state index contributed by atoms with van der Waals surface area (Å²) in [5, 5.41) is 13.6. The number of carbonyl (C=O) groups is 4. The molecule has 47 heavy (non-hydrogen) atoms. The lowest BCUT2D eigenvalue weighted by Gasteiger charge is -2.70. The van der Waals surface area contributed by atoms with Crippen LogP contribution in [0.25, 0.3) is 0 Å². The number of nitrogens with one attached hydrogen (secondary N) is 1. The number of carbonyl (C=O) groups excluding carboxylic acids is 4. The number of aliphatic hydroxyl groups is 1. The van der Waals surface area contributed by atoms with Crippen molar-refractivity contribution in [3.63, 3.8) is 0 Å². The van der Waals surface area contributed by atoms with Crippen molar-refractivity contribution >= 4 is 23.6 Å². The van der Waals surface area contributed by atoms with E-state index >= 15 is 0 Å². The summed E-state index contributed by atoms with van der Waals surface area (Å²) in [6.45, 7) is 21.5. The molecule has 2 amide bonds. The largest absolute Gasteiger partial charge is 0.465 e. The van der Waals surface area contributed by atoms with Gasteiger partial charge in [-0.2, -0.15) is 0 Å². The van der Waals surface area contributed by atoms with Crippen LogP contribution in [0.5, 0.6) is 0 Å². The number of fused-ring (bicyclic) bond motifs is 7. The van der Waals surface area contributed by atoms with Gasteiger partial charge in [0.05, 0.1) is 19.3 Å². The number of rotatable bonds is 7. The predicted molar refractivity (Wildman–Crippen MR) is 182 cm³/mol. The molecule has 8 heteroatoms. The Kier molecular flexibility index (Phi) is 9.19. The standard InChI is InChI=1S/C39H62N2O6/c1-11-47-31(45)22-40-30(44)23-41(24(2)3)33(46)36(7)17-16-35(6)18-19-38(9)25(26(35)21-36)20-27(42)32-37(8)14-13-29(43)34(4,5)28(37)12-15-39(32,38)10/h20,24,26,28-29,32,43H,11-19,21-23H2,1-10H3,(H,40,44)/t26-,28-,29-,32+,35+,36-,37-,38+,39+/m0/s1. The van der Waals surface area contributed by atoms with Crippen LogP contribution in [0.1, 0.15) is 127 Å². The van der Waals surface area contributed by atoms with E-state index in [0.29, 0.717) is 12.3 Å². The number of allylic oxidation sites excluding steroid dienone is 2. The first-order chi connectivity index (χ1) is 21.7. The molecule has 0 aromatic carbocycles. The highest BCUT2D eigenvalue weighted by Crippen LogP contribution is 2.75. The van der Waals surface area contributed by atoms with E-state index in [-0.39, 0.29) is 88.4 Å². The molecule has 0 unspecified atom stereocenters. The number of hydrogen-bond donors (Lipinski definition) is 2. The minimum Gasteiger partial charge on any atom is -0.465 e. The topological polar surface area (TPSA) is 113 Å². The van der Waals surface area contributed by atoms with Gasteiger partial charge in [0.25, 0.3) is 0 Å². The summed E-state index contributed by atoms with van der Waals surface area (Å²) >= 11 is 0. The van der Waals surface area contributed by atoms with Crippen LogP contribution in [-0.2, 0) is 23.9 Å². The van der Waals surface area contributed by atoms with Crippen molar-refractivity contribution in [2.45, 2.75) is 139 Å². The molecule has 4 fully saturated rings. The fraction of sp³-hybridized carbons (Fsp3) is 0.846. The van der Waals surface area contributed by atoms with E-state index in [9.17, 15) is 24.3 Å². The van der Waals surface area contributed by atoms with E-state index in [1.165, 1.54) is 5.57 Å². The van der Waals surface area contributed by atoms with Gasteiger partial charge in [0.15, 0.2) is 5.78 Å². The van der Waals surface area contributed by atoms with Gasteiger partial charge in [-0.05, 0) is 124 Å². The fourth-order valence-corrected chi connectivity index (χ4v) is 11.8. The van der Waals surface area contributed by atoms with E-state index in [1.54, 1.807) is 11.8 Å². The van der Waals surface area contributed by atoms with Crippen LogP contribution in [0.4, 0.5) is 0 Å². The molecule has 0 aliphatic heterocycles. The summed E-state index contributed by atoms with van der Waals surface area (Å²) in [7, 11) is 0. The zero-order valence-corrected chi connectivity index (χ0v) is 30.9. The van der Waals surface area contributed by atoms with E-state index < -0.39 is 11.4 Å². The van der Waals surface area contributed by atoms with E-state index in [2.05, 4.69) is 53.8 Å². The number of aliphatic hydroxyl groups excluding tert-OH is 1. The van der Waals surface area contributed by atoms with Crippen molar-refractivity contribution in [2.24, 2.45) is 50.2 Å². The summed E-state index contributed by atoms with van der Waals surface area (Å²) in [5.41, 5.74) is -0.160.